The minimum atomic E-state index is -1.00. The van der Waals surface area contributed by atoms with Crippen molar-refractivity contribution in [2.75, 3.05) is 6.54 Å². The molecule has 1 aliphatic rings. The molecule has 1 aromatic heterocycles. The third-order valence-electron chi connectivity index (χ3n) is 8.34. The first-order valence-electron chi connectivity index (χ1n) is 16.0. The second-order valence-electron chi connectivity index (χ2n) is 12.5. The molecule has 3 N–H and O–H groups in total. The number of nitrogens with one attached hydrogen (secondary N) is 3. The van der Waals surface area contributed by atoms with Crippen LogP contribution in [0.4, 0.5) is 0 Å². The standard InChI is InChI=1S/C35H44N6O6/c1-6-26(19-42)38-33(44)29-16-27(47-20-23-11-12-24-9-7-8-10-25(24)15-23)18-41(29)35(46)31(22(4)5)40-34(45)30(21(2)3)39-32(43)28-17-36-13-14-37-28/h7-15,17,19,21-22,26-27,29-31H,6,16,18,20H2,1-5H3,(H,38,44)(H,39,43)(H,40,45)/t26-,27+,29-,30+,31+/m0/s1. The summed E-state index contributed by atoms with van der Waals surface area (Å²) in [5.74, 6) is -2.68. The summed E-state index contributed by atoms with van der Waals surface area (Å²) >= 11 is 0. The van der Waals surface area contributed by atoms with Gasteiger partial charge in [-0.1, -0.05) is 71.0 Å². The van der Waals surface area contributed by atoms with Crippen molar-refractivity contribution in [2.24, 2.45) is 11.8 Å². The third-order valence-corrected chi connectivity index (χ3v) is 8.34. The van der Waals surface area contributed by atoms with Gasteiger partial charge in [-0.25, -0.2) is 4.98 Å². The van der Waals surface area contributed by atoms with Crippen LogP contribution in [0.2, 0.25) is 0 Å². The summed E-state index contributed by atoms with van der Waals surface area (Å²) in [5.41, 5.74) is 1.01. The van der Waals surface area contributed by atoms with E-state index in [9.17, 15) is 24.0 Å². The number of ether oxygens (including phenoxy) is 1. The van der Waals surface area contributed by atoms with Gasteiger partial charge in [0.05, 0.1) is 24.9 Å². The summed E-state index contributed by atoms with van der Waals surface area (Å²) in [4.78, 5) is 74.8. The van der Waals surface area contributed by atoms with E-state index in [1.54, 1.807) is 34.6 Å². The normalized spacial score (nSPS) is 18.1. The topological polar surface area (TPSA) is 160 Å². The lowest BCUT2D eigenvalue weighted by molar-refractivity contribution is -0.143. The van der Waals surface area contributed by atoms with Crippen LogP contribution in [0.25, 0.3) is 10.8 Å². The second-order valence-corrected chi connectivity index (χ2v) is 12.5. The van der Waals surface area contributed by atoms with E-state index in [4.69, 9.17) is 4.74 Å². The average Bonchev–Trinajstić information content (AvgIpc) is 3.51. The molecule has 1 aliphatic heterocycles. The van der Waals surface area contributed by atoms with Crippen molar-refractivity contribution >= 4 is 40.7 Å². The molecule has 0 unspecified atom stereocenters. The van der Waals surface area contributed by atoms with Gasteiger partial charge >= 0.3 is 0 Å². The van der Waals surface area contributed by atoms with Gasteiger partial charge in [-0.2, -0.15) is 0 Å². The Morgan fingerprint density at radius 3 is 2.32 bits per heavy atom. The number of carbonyl (C=O) groups excluding carboxylic acids is 5. The fourth-order valence-electron chi connectivity index (χ4n) is 5.57. The zero-order valence-corrected chi connectivity index (χ0v) is 27.5. The van der Waals surface area contributed by atoms with Crippen molar-refractivity contribution in [3.8, 4) is 0 Å². The highest BCUT2D eigenvalue weighted by molar-refractivity contribution is 5.98. The van der Waals surface area contributed by atoms with Crippen LogP contribution in [0.1, 0.15) is 63.5 Å². The molecule has 2 aromatic carbocycles. The highest BCUT2D eigenvalue weighted by Crippen LogP contribution is 2.25. The quantitative estimate of drug-likeness (QED) is 0.226. The molecule has 3 aromatic rings. The van der Waals surface area contributed by atoms with E-state index >= 15 is 0 Å². The summed E-state index contributed by atoms with van der Waals surface area (Å²) < 4.78 is 6.24. The van der Waals surface area contributed by atoms with Crippen LogP contribution in [0.5, 0.6) is 0 Å². The zero-order chi connectivity index (χ0) is 34.1. The molecule has 1 saturated heterocycles. The lowest BCUT2D eigenvalue weighted by Crippen LogP contribution is -2.59. The maximum Gasteiger partial charge on any atom is 0.272 e. The lowest BCUT2D eigenvalue weighted by Gasteiger charge is -2.32. The molecule has 12 nitrogen and oxygen atoms in total. The van der Waals surface area contributed by atoms with Crippen LogP contribution >= 0.6 is 0 Å². The third kappa shape index (κ3) is 8.97. The predicted octanol–water partition coefficient (Wildman–Crippen LogP) is 2.81. The molecule has 1 fully saturated rings. The van der Waals surface area contributed by atoms with Crippen molar-refractivity contribution in [3.63, 3.8) is 0 Å². The van der Waals surface area contributed by atoms with Gasteiger partial charge in [0.25, 0.3) is 5.91 Å². The number of fused-ring (bicyclic) bond motifs is 1. The Morgan fingerprint density at radius 2 is 1.68 bits per heavy atom. The average molecular weight is 645 g/mol. The van der Waals surface area contributed by atoms with Crippen molar-refractivity contribution < 1.29 is 28.7 Å². The Balaban J connectivity index is 1.51. The molecule has 0 bridgehead atoms. The molecule has 2 heterocycles. The monoisotopic (exact) mass is 644 g/mol. The Labute approximate surface area is 275 Å². The van der Waals surface area contributed by atoms with E-state index in [0.29, 0.717) is 12.7 Å². The summed E-state index contributed by atoms with van der Waals surface area (Å²) in [6, 6.07) is 10.5. The minimum Gasteiger partial charge on any atom is -0.372 e. The number of amides is 4. The Bertz CT molecular complexity index is 1560. The maximum atomic E-state index is 14.2. The van der Waals surface area contributed by atoms with Gasteiger partial charge in [0.1, 0.15) is 30.1 Å². The SMILES string of the molecule is CC[C@@H](C=O)NC(=O)[C@@H]1C[C@@H](OCc2ccc3ccccc3c2)CN1C(=O)[C@H](NC(=O)[C@H](NC(=O)c1cnccn1)C(C)C)C(C)C. The summed E-state index contributed by atoms with van der Waals surface area (Å²) in [5, 5.41) is 10.5. The Morgan fingerprint density at radius 1 is 0.957 bits per heavy atom. The Kier molecular flexibility index (Phi) is 12.1. The second kappa shape index (κ2) is 16.2. The van der Waals surface area contributed by atoms with Gasteiger partial charge in [-0.15, -0.1) is 0 Å². The fourth-order valence-corrected chi connectivity index (χ4v) is 5.57. The number of hydrogen-bond donors (Lipinski definition) is 3. The number of aromatic nitrogens is 2. The molecule has 0 spiro atoms. The van der Waals surface area contributed by atoms with Gasteiger partial charge < -0.3 is 30.4 Å². The van der Waals surface area contributed by atoms with Gasteiger partial charge in [0.2, 0.25) is 17.7 Å². The smallest absolute Gasteiger partial charge is 0.272 e. The van der Waals surface area contributed by atoms with Crippen molar-refractivity contribution in [1.82, 2.24) is 30.8 Å². The molecule has 12 heteroatoms. The van der Waals surface area contributed by atoms with Gasteiger partial charge in [0.15, 0.2) is 0 Å². The predicted molar refractivity (Wildman–Crippen MR) is 176 cm³/mol. The van der Waals surface area contributed by atoms with Crippen LogP contribution < -0.4 is 16.0 Å². The highest BCUT2D eigenvalue weighted by atomic mass is 16.5. The fraction of sp³-hybridized carbons (Fsp3) is 0.457. The summed E-state index contributed by atoms with van der Waals surface area (Å²) in [6.45, 7) is 9.34. The Hall–Kier alpha value is -4.71. The van der Waals surface area contributed by atoms with E-state index < -0.39 is 53.9 Å². The number of benzene rings is 2. The highest BCUT2D eigenvalue weighted by Gasteiger charge is 2.44. The summed E-state index contributed by atoms with van der Waals surface area (Å²) in [6.07, 6.45) is 4.96. The van der Waals surface area contributed by atoms with E-state index in [1.165, 1.54) is 23.5 Å². The molecule has 0 aliphatic carbocycles. The van der Waals surface area contributed by atoms with Crippen molar-refractivity contribution in [2.45, 2.75) is 84.3 Å². The number of aldehydes is 1. The molecular weight excluding hydrogens is 600 g/mol. The first-order chi connectivity index (χ1) is 22.5. The van der Waals surface area contributed by atoms with Gasteiger partial charge in [-0.3, -0.25) is 24.2 Å². The molecule has 4 rings (SSSR count). The molecule has 47 heavy (non-hydrogen) atoms. The number of carbonyl (C=O) groups is 5. The van der Waals surface area contributed by atoms with Crippen LogP contribution in [0.15, 0.2) is 61.1 Å². The van der Waals surface area contributed by atoms with Crippen LogP contribution in [0.3, 0.4) is 0 Å². The first kappa shape index (κ1) is 35.1. The van der Waals surface area contributed by atoms with Crippen LogP contribution in [-0.2, 0) is 30.5 Å². The minimum absolute atomic E-state index is 0.0591. The number of nitrogens with zero attached hydrogens (tertiary/aromatic N) is 3. The molecule has 250 valence electrons. The first-order valence-corrected chi connectivity index (χ1v) is 16.0. The van der Waals surface area contributed by atoms with E-state index in [2.05, 4.69) is 25.9 Å². The zero-order valence-electron chi connectivity index (χ0n) is 27.5. The maximum absolute atomic E-state index is 14.2. The molecule has 0 radical (unpaired) electrons. The molecule has 0 saturated carbocycles. The summed E-state index contributed by atoms with van der Waals surface area (Å²) in [7, 11) is 0. The van der Waals surface area contributed by atoms with E-state index in [0.717, 1.165) is 16.3 Å². The molecule has 4 amide bonds. The van der Waals surface area contributed by atoms with Gasteiger partial charge in [0, 0.05) is 25.4 Å². The molecular formula is C35H44N6O6. The number of likely N-dealkylation sites (tertiary alicyclic amines) is 1. The van der Waals surface area contributed by atoms with Gasteiger partial charge in [-0.05, 0) is 40.7 Å². The van der Waals surface area contributed by atoms with Crippen LogP contribution in [-0.4, -0.2) is 81.6 Å². The largest absolute Gasteiger partial charge is 0.372 e. The number of rotatable bonds is 14. The van der Waals surface area contributed by atoms with E-state index in [1.807, 2.05) is 42.5 Å². The van der Waals surface area contributed by atoms with Crippen molar-refractivity contribution in [1.29, 1.82) is 0 Å². The van der Waals surface area contributed by atoms with Crippen LogP contribution in [0, 0.1) is 11.8 Å². The van der Waals surface area contributed by atoms with E-state index in [-0.39, 0.29) is 37.1 Å². The molecule has 5 atom stereocenters. The number of hydrogen-bond acceptors (Lipinski definition) is 8. The lowest BCUT2D eigenvalue weighted by atomic mass is 9.98. The van der Waals surface area contributed by atoms with Crippen molar-refractivity contribution in [3.05, 3.63) is 72.3 Å².